The molecule has 0 aromatic heterocycles. The number of imide groups is 2. The topological polar surface area (TPSA) is 95.0 Å². The molecule has 4 amide bonds. The number of hydrogen-bond donors (Lipinski definition) is 1. The van der Waals surface area contributed by atoms with Crippen LogP contribution in [0.5, 0.6) is 5.75 Å². The number of alkyl halides is 3. The van der Waals surface area contributed by atoms with E-state index in [1.165, 1.54) is 4.90 Å². The monoisotopic (exact) mass is 670 g/mol. The number of phenolic OH excluding ortho intramolecular Hbond substituents is 1. The number of likely N-dealkylation sites (tertiary alicyclic amines) is 1. The number of fused-ring (bicyclic) bond motifs is 4. The van der Waals surface area contributed by atoms with Gasteiger partial charge < -0.3 is 5.11 Å². The fraction of sp³-hybridized carbons (Fsp3) is 0.375. The van der Waals surface area contributed by atoms with Gasteiger partial charge in [0.25, 0.3) is 11.8 Å². The van der Waals surface area contributed by atoms with Crippen molar-refractivity contribution in [3.63, 3.8) is 0 Å². The van der Waals surface area contributed by atoms with Crippen LogP contribution in [0.15, 0.2) is 66.8 Å². The van der Waals surface area contributed by atoms with Gasteiger partial charge in [0.2, 0.25) is 11.8 Å². The molecule has 2 aromatic rings. The number of aryl methyl sites for hydroxylation is 1. The van der Waals surface area contributed by atoms with E-state index in [2.05, 4.69) is 22.5 Å². The fourth-order valence-electron chi connectivity index (χ4n) is 7.40. The van der Waals surface area contributed by atoms with Gasteiger partial charge in [-0.15, -0.1) is 29.8 Å². The zero-order chi connectivity index (χ0) is 30.1. The third-order valence-electron chi connectivity index (χ3n) is 9.44. The van der Waals surface area contributed by atoms with E-state index in [9.17, 15) is 24.3 Å². The molecule has 1 saturated carbocycles. The predicted molar refractivity (Wildman–Crippen MR) is 164 cm³/mol. The Bertz CT molecular complexity index is 1570. The third-order valence-corrected chi connectivity index (χ3v) is 11.4. The molecule has 218 valence electrons. The standard InChI is InChI=1S/C32H29BrCl2N2O5/c1-3-6-18-7-5-8-22(26(18)38)25-20-13-14-21-24(28(40)37(27(21)39)19-11-9-17(4-2)10-12-19)23(20)15-31(34)29(41)36(16-33)30(42)32(25,31)35/h3,5,7-13,21,23-25,38H,1,4,6,14-16H2,2H3. The van der Waals surface area contributed by atoms with Crippen molar-refractivity contribution >= 4 is 68.4 Å². The zero-order valence-electron chi connectivity index (χ0n) is 22.9. The number of nitrogens with zero attached hydrogens (tertiary/aromatic N) is 2. The van der Waals surface area contributed by atoms with Crippen LogP contribution in [-0.2, 0) is 32.0 Å². The number of benzene rings is 2. The molecule has 1 N–H and O–H groups in total. The summed E-state index contributed by atoms with van der Waals surface area (Å²) in [5, 5.41) is 11.4. The van der Waals surface area contributed by atoms with Crippen LogP contribution in [-0.4, -0.2) is 48.8 Å². The molecule has 6 unspecified atom stereocenters. The Morgan fingerprint density at radius 1 is 1.05 bits per heavy atom. The van der Waals surface area contributed by atoms with Crippen LogP contribution in [0.3, 0.4) is 0 Å². The number of halogens is 3. The Morgan fingerprint density at radius 2 is 1.76 bits per heavy atom. The first-order valence-corrected chi connectivity index (χ1v) is 15.8. The van der Waals surface area contributed by atoms with E-state index in [0.717, 1.165) is 16.9 Å². The number of allylic oxidation sites excluding steroid dienone is 3. The summed E-state index contributed by atoms with van der Waals surface area (Å²) in [7, 11) is 0. The minimum absolute atomic E-state index is 0.0749. The number of phenols is 1. The number of para-hydroxylation sites is 1. The highest BCUT2D eigenvalue weighted by molar-refractivity contribution is 9.09. The first kappa shape index (κ1) is 29.1. The summed E-state index contributed by atoms with van der Waals surface area (Å²) in [6.07, 6.45) is 4.84. The molecule has 2 aromatic carbocycles. The van der Waals surface area contributed by atoms with Gasteiger partial charge in [0.15, 0.2) is 9.75 Å². The summed E-state index contributed by atoms with van der Waals surface area (Å²) in [5.41, 5.74) is 3.00. The minimum atomic E-state index is -1.97. The molecule has 0 spiro atoms. The van der Waals surface area contributed by atoms with Crippen LogP contribution in [0.25, 0.3) is 0 Å². The maximum Gasteiger partial charge on any atom is 0.254 e. The molecular formula is C32H29BrCl2N2O5. The number of hydrogen-bond acceptors (Lipinski definition) is 5. The van der Waals surface area contributed by atoms with Crippen molar-refractivity contribution in [1.82, 2.24) is 4.90 Å². The summed E-state index contributed by atoms with van der Waals surface area (Å²) < 4.78 is 0. The lowest BCUT2D eigenvalue weighted by Gasteiger charge is -2.50. The third kappa shape index (κ3) is 3.77. The van der Waals surface area contributed by atoms with Gasteiger partial charge in [-0.25, -0.2) is 0 Å². The largest absolute Gasteiger partial charge is 0.507 e. The molecule has 2 heterocycles. The molecule has 0 radical (unpaired) electrons. The highest BCUT2D eigenvalue weighted by Crippen LogP contribution is 2.66. The molecular weight excluding hydrogens is 643 g/mol. The van der Waals surface area contributed by atoms with Crippen LogP contribution in [0.1, 0.15) is 42.4 Å². The van der Waals surface area contributed by atoms with Gasteiger partial charge in [-0.1, -0.05) is 70.9 Å². The lowest BCUT2D eigenvalue weighted by molar-refractivity contribution is -0.138. The lowest BCUT2D eigenvalue weighted by Crippen LogP contribution is -2.60. The molecule has 2 aliphatic heterocycles. The van der Waals surface area contributed by atoms with Crippen molar-refractivity contribution in [3.05, 3.63) is 83.5 Å². The SMILES string of the molecule is C=CCc1cccc(C2C3=CCC4C(=O)N(c5ccc(CC)cc5)C(=O)C4C3CC3(Cl)C(=O)N(CBr)C(=O)C23Cl)c1O. The Balaban J connectivity index is 1.52. The van der Waals surface area contributed by atoms with E-state index in [0.29, 0.717) is 28.8 Å². The summed E-state index contributed by atoms with van der Waals surface area (Å²) in [4.78, 5) is 53.9. The van der Waals surface area contributed by atoms with Gasteiger partial charge in [-0.3, -0.25) is 29.0 Å². The first-order chi connectivity index (χ1) is 20.0. The van der Waals surface area contributed by atoms with Crippen molar-refractivity contribution in [2.24, 2.45) is 17.8 Å². The van der Waals surface area contributed by atoms with Gasteiger partial charge >= 0.3 is 0 Å². The molecule has 2 saturated heterocycles. The van der Waals surface area contributed by atoms with Crippen molar-refractivity contribution < 1.29 is 24.3 Å². The van der Waals surface area contributed by atoms with E-state index in [1.54, 1.807) is 36.4 Å². The summed E-state index contributed by atoms with van der Waals surface area (Å²) >= 11 is 17.8. The van der Waals surface area contributed by atoms with Gasteiger partial charge in [0.05, 0.1) is 23.0 Å². The van der Waals surface area contributed by atoms with Crippen LogP contribution in [0, 0.1) is 17.8 Å². The molecule has 6 rings (SSSR count). The minimum Gasteiger partial charge on any atom is -0.507 e. The molecule has 6 atom stereocenters. The number of aromatic hydroxyl groups is 1. The van der Waals surface area contributed by atoms with Crippen molar-refractivity contribution in [1.29, 1.82) is 0 Å². The lowest BCUT2D eigenvalue weighted by atomic mass is 9.56. The Hall–Kier alpha value is -2.94. The van der Waals surface area contributed by atoms with E-state index < -0.39 is 45.2 Å². The Labute approximate surface area is 262 Å². The average molecular weight is 672 g/mol. The van der Waals surface area contributed by atoms with E-state index in [-0.39, 0.29) is 35.9 Å². The summed E-state index contributed by atoms with van der Waals surface area (Å²) in [6, 6.07) is 12.5. The summed E-state index contributed by atoms with van der Waals surface area (Å²) in [6.45, 7) is 5.79. The molecule has 2 aliphatic carbocycles. The van der Waals surface area contributed by atoms with Gasteiger partial charge in [-0.05, 0) is 54.9 Å². The molecule has 10 heteroatoms. The summed E-state index contributed by atoms with van der Waals surface area (Å²) in [5.74, 6) is -5.24. The van der Waals surface area contributed by atoms with E-state index >= 15 is 0 Å². The maximum absolute atomic E-state index is 14.1. The predicted octanol–water partition coefficient (Wildman–Crippen LogP) is 5.60. The Morgan fingerprint density at radius 3 is 2.40 bits per heavy atom. The fourth-order valence-corrected chi connectivity index (χ4v) is 8.82. The van der Waals surface area contributed by atoms with Crippen molar-refractivity contribution in [2.45, 2.75) is 48.3 Å². The van der Waals surface area contributed by atoms with E-state index in [4.69, 9.17) is 23.2 Å². The van der Waals surface area contributed by atoms with E-state index in [1.807, 2.05) is 25.1 Å². The number of amides is 4. The first-order valence-electron chi connectivity index (χ1n) is 13.9. The molecule has 3 fully saturated rings. The van der Waals surface area contributed by atoms with Gasteiger partial charge in [0.1, 0.15) is 5.75 Å². The average Bonchev–Trinajstić information content (AvgIpc) is 3.32. The number of carbonyl (C=O) groups excluding carboxylic acids is 4. The molecule has 0 bridgehead atoms. The molecule has 4 aliphatic rings. The molecule has 7 nitrogen and oxygen atoms in total. The number of rotatable bonds is 6. The van der Waals surface area contributed by atoms with Crippen molar-refractivity contribution in [3.8, 4) is 5.75 Å². The number of carbonyl (C=O) groups is 4. The van der Waals surface area contributed by atoms with Gasteiger partial charge in [-0.2, -0.15) is 0 Å². The highest BCUT2D eigenvalue weighted by atomic mass is 79.9. The van der Waals surface area contributed by atoms with Crippen LogP contribution in [0.2, 0.25) is 0 Å². The van der Waals surface area contributed by atoms with Gasteiger partial charge in [0, 0.05) is 11.5 Å². The van der Waals surface area contributed by atoms with Crippen LogP contribution < -0.4 is 4.90 Å². The van der Waals surface area contributed by atoms with Crippen LogP contribution in [0.4, 0.5) is 5.69 Å². The zero-order valence-corrected chi connectivity index (χ0v) is 26.0. The quantitative estimate of drug-likeness (QED) is 0.187. The smallest absolute Gasteiger partial charge is 0.254 e. The highest BCUT2D eigenvalue weighted by Gasteiger charge is 2.76. The maximum atomic E-state index is 14.1. The molecule has 42 heavy (non-hydrogen) atoms. The Kier molecular flexibility index (Phi) is 7.18. The number of anilines is 1. The second-order valence-electron chi connectivity index (χ2n) is 11.4. The second kappa shape index (κ2) is 10.4. The second-order valence-corrected chi connectivity index (χ2v) is 13.1. The van der Waals surface area contributed by atoms with Crippen molar-refractivity contribution in [2.75, 3.05) is 10.4 Å². The van der Waals surface area contributed by atoms with Crippen LogP contribution >= 0.6 is 39.1 Å². The normalized spacial score (nSPS) is 32.0.